The Hall–Kier alpha value is -2.90. The van der Waals surface area contributed by atoms with Gasteiger partial charge in [0.25, 0.3) is 0 Å². The number of aromatic hydroxyl groups is 1. The Morgan fingerprint density at radius 2 is 2.12 bits per heavy atom. The van der Waals surface area contributed by atoms with E-state index in [2.05, 4.69) is 21.6 Å². The highest BCUT2D eigenvalue weighted by molar-refractivity contribution is 6.31. The molecule has 3 aliphatic rings. The molecule has 1 aliphatic carbocycles. The van der Waals surface area contributed by atoms with Crippen molar-refractivity contribution in [2.75, 3.05) is 19.6 Å². The number of hydrogen-bond donors (Lipinski definition) is 2. The maximum atomic E-state index is 11.7. The van der Waals surface area contributed by atoms with Crippen LogP contribution in [0.15, 0.2) is 42.2 Å². The van der Waals surface area contributed by atoms with E-state index in [1.54, 1.807) is 17.2 Å². The van der Waals surface area contributed by atoms with Crippen LogP contribution in [0.1, 0.15) is 46.7 Å². The van der Waals surface area contributed by atoms with Gasteiger partial charge in [-0.15, -0.1) is 0 Å². The molecule has 8 heteroatoms. The zero-order valence-electron chi connectivity index (χ0n) is 18.4. The number of carbonyl (C=O) groups is 1. The van der Waals surface area contributed by atoms with Crippen molar-refractivity contribution in [3.8, 4) is 5.75 Å². The third-order valence-corrected chi connectivity index (χ3v) is 7.33. The Labute approximate surface area is 198 Å². The molecule has 7 nitrogen and oxygen atoms in total. The van der Waals surface area contributed by atoms with Gasteiger partial charge in [0.1, 0.15) is 11.5 Å². The number of nitrogens with zero attached hydrogens (tertiary/aromatic N) is 4. The van der Waals surface area contributed by atoms with Crippen molar-refractivity contribution in [2.24, 2.45) is 5.16 Å². The smallest absolute Gasteiger partial charge is 0.246 e. The number of oxime groups is 1. The van der Waals surface area contributed by atoms with Gasteiger partial charge in [0.15, 0.2) is 0 Å². The number of fused-ring (bicyclic) bond motifs is 1. The normalized spacial score (nSPS) is 19.2. The standard InChI is InChI=1S/C25H27ClN4O3/c1-2-24(32)30-13-18(14-30)29-8-6-19-16(12-29)5-7-27-25(19)22(28-33)10-17-9-20(15-3-4-15)21(26)11-23(17)31/h2,5,7,9,11,15,18,31,33H,1,3-4,6,8,10,12-14H2/b28-22+. The van der Waals surface area contributed by atoms with Crippen molar-refractivity contribution in [1.82, 2.24) is 14.8 Å². The second-order valence-electron chi connectivity index (χ2n) is 9.12. The lowest BCUT2D eigenvalue weighted by Crippen LogP contribution is -2.61. The van der Waals surface area contributed by atoms with Crippen LogP contribution >= 0.6 is 11.6 Å². The lowest BCUT2D eigenvalue weighted by atomic mass is 9.92. The molecule has 1 saturated carbocycles. The molecule has 2 aliphatic heterocycles. The molecule has 2 N–H and O–H groups in total. The summed E-state index contributed by atoms with van der Waals surface area (Å²) in [5, 5.41) is 24.5. The minimum Gasteiger partial charge on any atom is -0.508 e. The maximum Gasteiger partial charge on any atom is 0.246 e. The zero-order valence-corrected chi connectivity index (χ0v) is 19.1. The third kappa shape index (κ3) is 4.23. The summed E-state index contributed by atoms with van der Waals surface area (Å²) in [6, 6.07) is 5.88. The molecule has 1 aromatic heterocycles. The van der Waals surface area contributed by atoms with Crippen molar-refractivity contribution in [2.45, 2.75) is 44.2 Å². The lowest BCUT2D eigenvalue weighted by molar-refractivity contribution is -0.133. The molecule has 1 saturated heterocycles. The highest BCUT2D eigenvalue weighted by atomic mass is 35.5. The van der Waals surface area contributed by atoms with Crippen LogP contribution in [0.3, 0.4) is 0 Å². The quantitative estimate of drug-likeness (QED) is 0.294. The second-order valence-corrected chi connectivity index (χ2v) is 9.53. The molecule has 0 radical (unpaired) electrons. The Kier molecular flexibility index (Phi) is 5.85. The molecule has 33 heavy (non-hydrogen) atoms. The minimum atomic E-state index is -0.0192. The summed E-state index contributed by atoms with van der Waals surface area (Å²) in [7, 11) is 0. The predicted octanol–water partition coefficient (Wildman–Crippen LogP) is 3.49. The van der Waals surface area contributed by atoms with Gasteiger partial charge in [-0.05, 0) is 66.1 Å². The van der Waals surface area contributed by atoms with Crippen LogP contribution in [-0.2, 0) is 24.2 Å². The predicted molar refractivity (Wildman–Crippen MR) is 126 cm³/mol. The van der Waals surface area contributed by atoms with Crippen LogP contribution in [-0.4, -0.2) is 62.4 Å². The number of halogens is 1. The number of amides is 1. The van der Waals surface area contributed by atoms with Gasteiger partial charge >= 0.3 is 0 Å². The molecule has 0 spiro atoms. The monoisotopic (exact) mass is 466 g/mol. The molecule has 3 heterocycles. The van der Waals surface area contributed by atoms with E-state index in [4.69, 9.17) is 11.6 Å². The number of rotatable bonds is 6. The van der Waals surface area contributed by atoms with Gasteiger partial charge in [-0.3, -0.25) is 14.7 Å². The Bertz CT molecular complexity index is 1140. The van der Waals surface area contributed by atoms with Crippen LogP contribution in [0.2, 0.25) is 5.02 Å². The summed E-state index contributed by atoms with van der Waals surface area (Å²) in [5.74, 6) is 0.531. The molecule has 0 atom stereocenters. The summed E-state index contributed by atoms with van der Waals surface area (Å²) >= 11 is 6.33. The van der Waals surface area contributed by atoms with E-state index in [0.717, 1.165) is 62.1 Å². The number of phenolic OH excluding ortho intramolecular Hbond substituents is 1. The number of pyridine rings is 1. The number of carbonyl (C=O) groups excluding carboxylic acids is 1. The van der Waals surface area contributed by atoms with Gasteiger partial charge in [-0.25, -0.2) is 0 Å². The maximum absolute atomic E-state index is 11.7. The fourth-order valence-corrected chi connectivity index (χ4v) is 5.20. The fourth-order valence-electron chi connectivity index (χ4n) is 4.89. The van der Waals surface area contributed by atoms with E-state index in [-0.39, 0.29) is 18.1 Å². The van der Waals surface area contributed by atoms with E-state index in [1.807, 2.05) is 12.1 Å². The fraction of sp³-hybridized carbons (Fsp3) is 0.400. The lowest BCUT2D eigenvalue weighted by Gasteiger charge is -2.46. The molecular formula is C25H27ClN4O3. The SMILES string of the molecule is C=CC(=O)N1CC(N2CCc3c(ccnc3/C(Cc3cc(C4CC4)c(Cl)cc3O)=N/O)C2)C1. The average molecular weight is 467 g/mol. The van der Waals surface area contributed by atoms with Gasteiger partial charge < -0.3 is 15.2 Å². The molecular weight excluding hydrogens is 440 g/mol. The molecule has 1 aromatic carbocycles. The van der Waals surface area contributed by atoms with E-state index >= 15 is 0 Å². The summed E-state index contributed by atoms with van der Waals surface area (Å²) in [6.45, 7) is 6.62. The van der Waals surface area contributed by atoms with Crippen LogP contribution < -0.4 is 0 Å². The average Bonchev–Trinajstić information content (AvgIpc) is 3.62. The summed E-state index contributed by atoms with van der Waals surface area (Å²) in [5.41, 5.74) is 5.08. The first-order chi connectivity index (χ1) is 16.0. The van der Waals surface area contributed by atoms with E-state index < -0.39 is 0 Å². The number of aromatic nitrogens is 1. The minimum absolute atomic E-state index is 0.0192. The first kappa shape index (κ1) is 21.9. The number of hydrogen-bond acceptors (Lipinski definition) is 6. The second kappa shape index (κ2) is 8.80. The first-order valence-electron chi connectivity index (χ1n) is 11.3. The van der Waals surface area contributed by atoms with Crippen LogP contribution in [0.5, 0.6) is 5.75 Å². The number of likely N-dealkylation sites (tertiary alicyclic amines) is 1. The van der Waals surface area contributed by atoms with E-state index in [1.165, 1.54) is 6.08 Å². The molecule has 2 fully saturated rings. The summed E-state index contributed by atoms with van der Waals surface area (Å²) in [4.78, 5) is 20.5. The highest BCUT2D eigenvalue weighted by Gasteiger charge is 2.36. The molecule has 1 amide bonds. The van der Waals surface area contributed by atoms with Crippen LogP contribution in [0, 0.1) is 0 Å². The van der Waals surface area contributed by atoms with Gasteiger partial charge in [0.2, 0.25) is 5.91 Å². The third-order valence-electron chi connectivity index (χ3n) is 7.01. The number of phenols is 1. The summed E-state index contributed by atoms with van der Waals surface area (Å²) < 4.78 is 0. The Morgan fingerprint density at radius 3 is 2.82 bits per heavy atom. The molecule has 172 valence electrons. The summed E-state index contributed by atoms with van der Waals surface area (Å²) in [6.07, 6.45) is 6.37. The number of benzene rings is 1. The molecule has 0 unspecified atom stereocenters. The van der Waals surface area contributed by atoms with Crippen molar-refractivity contribution >= 4 is 23.2 Å². The van der Waals surface area contributed by atoms with Crippen molar-refractivity contribution in [3.05, 3.63) is 70.0 Å². The molecule has 5 rings (SSSR count). The van der Waals surface area contributed by atoms with Crippen LogP contribution in [0.25, 0.3) is 0 Å². The van der Waals surface area contributed by atoms with Gasteiger partial charge in [-0.2, -0.15) is 0 Å². The Morgan fingerprint density at radius 1 is 1.33 bits per heavy atom. The van der Waals surface area contributed by atoms with Gasteiger partial charge in [-0.1, -0.05) is 23.3 Å². The highest BCUT2D eigenvalue weighted by Crippen LogP contribution is 2.45. The van der Waals surface area contributed by atoms with Crippen LogP contribution in [0.4, 0.5) is 0 Å². The zero-order chi connectivity index (χ0) is 23.1. The van der Waals surface area contributed by atoms with E-state index in [9.17, 15) is 15.1 Å². The topological polar surface area (TPSA) is 89.3 Å². The Balaban J connectivity index is 1.34. The van der Waals surface area contributed by atoms with Crippen molar-refractivity contribution in [3.63, 3.8) is 0 Å². The van der Waals surface area contributed by atoms with E-state index in [0.29, 0.717) is 34.0 Å². The van der Waals surface area contributed by atoms with Crippen molar-refractivity contribution in [1.29, 1.82) is 0 Å². The van der Waals surface area contributed by atoms with Crippen molar-refractivity contribution < 1.29 is 15.1 Å². The largest absolute Gasteiger partial charge is 0.508 e. The molecule has 0 bridgehead atoms. The first-order valence-corrected chi connectivity index (χ1v) is 11.7. The van der Waals surface area contributed by atoms with Gasteiger partial charge in [0, 0.05) is 55.4 Å². The molecule has 2 aromatic rings. The van der Waals surface area contributed by atoms with Gasteiger partial charge in [0.05, 0.1) is 5.69 Å².